The van der Waals surface area contributed by atoms with Gasteiger partial charge in [0, 0.05) is 38.2 Å². The van der Waals surface area contributed by atoms with E-state index in [2.05, 4.69) is 20.5 Å². The molecule has 0 saturated heterocycles. The summed E-state index contributed by atoms with van der Waals surface area (Å²) in [7, 11) is 0. The molecule has 228 valence electrons. The van der Waals surface area contributed by atoms with Crippen molar-refractivity contribution in [2.45, 2.75) is 53.8 Å². The Morgan fingerprint density at radius 2 is 1.63 bits per heavy atom. The van der Waals surface area contributed by atoms with Crippen LogP contribution in [0.2, 0.25) is 0 Å². The Hall–Kier alpha value is -4.98. The number of rotatable bonds is 14. The van der Waals surface area contributed by atoms with E-state index in [1.54, 1.807) is 38.2 Å². The molecule has 0 fully saturated rings. The standard InChI is InChI=1S/C29H37N9O5/c1-5-37-22(14-18(3)34-37)27(40)33-29-32-21-16-20(26(31)39)17-24(25(21)36(29)11-8-7-10-30)42-12-9-13-43-28(41)23-15-19(4)35-38(23)6-2/h7-8,14-17H,5-6,9-13,30H2,1-4H3,(H2,31,39)(H,32,33,40)/b8-7+. The number of hydrogen-bond donors (Lipinski definition) is 3. The fourth-order valence-corrected chi connectivity index (χ4v) is 4.60. The van der Waals surface area contributed by atoms with Crippen molar-refractivity contribution < 1.29 is 23.9 Å². The van der Waals surface area contributed by atoms with E-state index < -0.39 is 11.9 Å². The number of hydrogen-bond acceptors (Lipinski definition) is 9. The lowest BCUT2D eigenvalue weighted by Crippen LogP contribution is -2.20. The third-order valence-electron chi connectivity index (χ3n) is 6.53. The van der Waals surface area contributed by atoms with Crippen molar-refractivity contribution >= 4 is 34.8 Å². The number of benzene rings is 1. The quantitative estimate of drug-likeness (QED) is 0.112. The molecule has 43 heavy (non-hydrogen) atoms. The summed E-state index contributed by atoms with van der Waals surface area (Å²) in [6, 6.07) is 6.46. The molecule has 0 radical (unpaired) electrons. The Morgan fingerprint density at radius 1 is 0.953 bits per heavy atom. The van der Waals surface area contributed by atoms with Gasteiger partial charge in [0.1, 0.15) is 22.7 Å². The van der Waals surface area contributed by atoms with Crippen LogP contribution in [0.1, 0.15) is 63.0 Å². The smallest absolute Gasteiger partial charge is 0.356 e. The number of fused-ring (bicyclic) bond motifs is 1. The molecule has 0 spiro atoms. The number of nitrogens with two attached hydrogens (primary N) is 2. The Balaban J connectivity index is 1.58. The fourth-order valence-electron chi connectivity index (χ4n) is 4.60. The molecule has 14 nitrogen and oxygen atoms in total. The SMILES string of the molecule is CCn1nc(C)cc1C(=O)Nc1nc2cc(C(N)=O)cc(OCCCOC(=O)c3cc(C)nn3CC)c2n1C/C=C/CN. The van der Waals surface area contributed by atoms with E-state index in [1.165, 1.54) is 6.07 Å². The topological polar surface area (TPSA) is 187 Å². The average molecular weight is 592 g/mol. The maximum atomic E-state index is 13.3. The van der Waals surface area contributed by atoms with Gasteiger partial charge in [-0.2, -0.15) is 10.2 Å². The molecule has 1 aromatic carbocycles. The molecule has 4 aromatic rings. The van der Waals surface area contributed by atoms with Crippen molar-refractivity contribution in [3.05, 3.63) is 64.8 Å². The zero-order valence-electron chi connectivity index (χ0n) is 24.8. The van der Waals surface area contributed by atoms with E-state index in [9.17, 15) is 14.4 Å². The molecular formula is C29H37N9O5. The first kappa shape index (κ1) is 31.0. The lowest BCUT2D eigenvalue weighted by Gasteiger charge is -2.13. The van der Waals surface area contributed by atoms with Crippen LogP contribution in [0.5, 0.6) is 5.75 Å². The molecule has 0 unspecified atom stereocenters. The molecule has 3 aromatic heterocycles. The number of esters is 1. The van der Waals surface area contributed by atoms with Crippen molar-refractivity contribution in [3.8, 4) is 5.75 Å². The van der Waals surface area contributed by atoms with Gasteiger partial charge in [0.05, 0.1) is 30.1 Å². The molecule has 0 bridgehead atoms. The monoisotopic (exact) mass is 591 g/mol. The Bertz CT molecular complexity index is 1660. The highest BCUT2D eigenvalue weighted by Gasteiger charge is 2.22. The molecule has 2 amide bonds. The van der Waals surface area contributed by atoms with E-state index in [1.807, 2.05) is 33.8 Å². The van der Waals surface area contributed by atoms with Crippen molar-refractivity contribution in [3.63, 3.8) is 0 Å². The third-order valence-corrected chi connectivity index (χ3v) is 6.53. The van der Waals surface area contributed by atoms with Gasteiger partial charge < -0.3 is 25.5 Å². The number of nitrogens with zero attached hydrogens (tertiary/aromatic N) is 6. The second-order valence-electron chi connectivity index (χ2n) is 9.72. The summed E-state index contributed by atoms with van der Waals surface area (Å²) in [6.07, 6.45) is 4.00. The number of carbonyl (C=O) groups excluding carboxylic acids is 3. The van der Waals surface area contributed by atoms with Crippen LogP contribution in [-0.4, -0.2) is 66.7 Å². The molecule has 5 N–H and O–H groups in total. The van der Waals surface area contributed by atoms with Gasteiger partial charge in [-0.25, -0.2) is 9.78 Å². The molecule has 0 saturated carbocycles. The largest absolute Gasteiger partial charge is 0.491 e. The first-order chi connectivity index (χ1) is 20.7. The summed E-state index contributed by atoms with van der Waals surface area (Å²) in [5.74, 6) is -0.938. The second kappa shape index (κ2) is 13.8. The summed E-state index contributed by atoms with van der Waals surface area (Å²) in [4.78, 5) is 42.5. The first-order valence-corrected chi connectivity index (χ1v) is 14.1. The normalized spacial score (nSPS) is 11.4. The number of imidazole rings is 1. The molecule has 0 atom stereocenters. The van der Waals surface area contributed by atoms with Crippen molar-refractivity contribution in [1.29, 1.82) is 0 Å². The Morgan fingerprint density at radius 3 is 2.28 bits per heavy atom. The number of primary amides is 1. The van der Waals surface area contributed by atoms with E-state index >= 15 is 0 Å². The summed E-state index contributed by atoms with van der Waals surface area (Å²) < 4.78 is 16.5. The van der Waals surface area contributed by atoms with Crippen molar-refractivity contribution in [1.82, 2.24) is 29.1 Å². The summed E-state index contributed by atoms with van der Waals surface area (Å²) in [5, 5.41) is 11.5. The summed E-state index contributed by atoms with van der Waals surface area (Å²) >= 11 is 0. The van der Waals surface area contributed by atoms with Crippen LogP contribution < -0.4 is 21.5 Å². The van der Waals surface area contributed by atoms with Gasteiger partial charge in [-0.15, -0.1) is 0 Å². The van der Waals surface area contributed by atoms with Gasteiger partial charge in [0.25, 0.3) is 5.91 Å². The zero-order chi connectivity index (χ0) is 31.1. The average Bonchev–Trinajstić information content (AvgIpc) is 3.66. The number of amides is 2. The van der Waals surface area contributed by atoms with Crippen LogP contribution in [-0.2, 0) is 24.4 Å². The predicted octanol–water partition coefficient (Wildman–Crippen LogP) is 2.58. The zero-order valence-corrected chi connectivity index (χ0v) is 24.8. The van der Waals surface area contributed by atoms with Gasteiger partial charge in [0.15, 0.2) is 0 Å². The van der Waals surface area contributed by atoms with Crippen LogP contribution in [0, 0.1) is 13.8 Å². The molecule has 0 aliphatic heterocycles. The van der Waals surface area contributed by atoms with Crippen LogP contribution in [0.15, 0.2) is 36.4 Å². The maximum absolute atomic E-state index is 13.3. The number of nitrogens with one attached hydrogen (secondary N) is 1. The van der Waals surface area contributed by atoms with Crippen molar-refractivity contribution in [2.24, 2.45) is 11.5 Å². The predicted molar refractivity (Wildman–Crippen MR) is 160 cm³/mol. The minimum Gasteiger partial charge on any atom is -0.491 e. The second-order valence-corrected chi connectivity index (χ2v) is 9.72. The highest BCUT2D eigenvalue weighted by atomic mass is 16.5. The summed E-state index contributed by atoms with van der Waals surface area (Å²) in [5.41, 5.74) is 14.6. The first-order valence-electron chi connectivity index (χ1n) is 14.1. The van der Waals surface area contributed by atoms with Gasteiger partial charge in [-0.1, -0.05) is 12.2 Å². The molecule has 14 heteroatoms. The van der Waals surface area contributed by atoms with E-state index in [0.717, 1.165) is 5.69 Å². The van der Waals surface area contributed by atoms with Gasteiger partial charge in [-0.3, -0.25) is 24.3 Å². The lowest BCUT2D eigenvalue weighted by atomic mass is 10.1. The number of ether oxygens (including phenoxy) is 2. The fraction of sp³-hybridized carbons (Fsp3) is 0.379. The van der Waals surface area contributed by atoms with E-state index in [4.69, 9.17) is 20.9 Å². The maximum Gasteiger partial charge on any atom is 0.356 e. The van der Waals surface area contributed by atoms with Crippen LogP contribution >= 0.6 is 0 Å². The Labute approximate surface area is 248 Å². The van der Waals surface area contributed by atoms with Gasteiger partial charge in [0.2, 0.25) is 11.9 Å². The third kappa shape index (κ3) is 7.09. The molecule has 0 aliphatic rings. The minimum absolute atomic E-state index is 0.107. The number of carbonyl (C=O) groups is 3. The van der Waals surface area contributed by atoms with Crippen LogP contribution in [0.3, 0.4) is 0 Å². The minimum atomic E-state index is -0.658. The number of aryl methyl sites for hydroxylation is 4. The number of anilines is 1. The highest BCUT2D eigenvalue weighted by Crippen LogP contribution is 2.31. The molecule has 4 rings (SSSR count). The van der Waals surface area contributed by atoms with Crippen LogP contribution in [0.25, 0.3) is 11.0 Å². The lowest BCUT2D eigenvalue weighted by molar-refractivity contribution is 0.0471. The number of allylic oxidation sites excluding steroid dienone is 1. The van der Waals surface area contributed by atoms with Gasteiger partial charge >= 0.3 is 5.97 Å². The van der Waals surface area contributed by atoms with Gasteiger partial charge in [-0.05, 0) is 52.0 Å². The summed E-state index contributed by atoms with van der Waals surface area (Å²) in [6.45, 7) is 9.39. The van der Waals surface area contributed by atoms with E-state index in [-0.39, 0.29) is 30.6 Å². The molecule has 3 heterocycles. The van der Waals surface area contributed by atoms with Crippen LogP contribution in [0.4, 0.5) is 5.95 Å². The van der Waals surface area contributed by atoms with Crippen molar-refractivity contribution in [2.75, 3.05) is 25.1 Å². The van der Waals surface area contributed by atoms with E-state index in [0.29, 0.717) is 66.5 Å². The molecular weight excluding hydrogens is 554 g/mol. The molecule has 0 aliphatic carbocycles. The highest BCUT2D eigenvalue weighted by molar-refractivity contribution is 6.04. The Kier molecular flexibility index (Phi) is 9.93. The number of aromatic nitrogens is 6.